The molecule has 1 aliphatic rings. The van der Waals surface area contributed by atoms with Crippen molar-refractivity contribution in [2.75, 3.05) is 10.7 Å². The Hall–Kier alpha value is -3.88. The zero-order valence-electron chi connectivity index (χ0n) is 15.8. The van der Waals surface area contributed by atoms with Crippen molar-refractivity contribution in [3.05, 3.63) is 78.3 Å². The van der Waals surface area contributed by atoms with E-state index in [0.29, 0.717) is 13.1 Å². The number of fused-ring (bicyclic) bond motifs is 1. The van der Waals surface area contributed by atoms with Gasteiger partial charge in [0.15, 0.2) is 0 Å². The van der Waals surface area contributed by atoms with E-state index >= 15 is 0 Å². The highest BCUT2D eigenvalue weighted by Crippen LogP contribution is 2.22. The van der Waals surface area contributed by atoms with Gasteiger partial charge in [-0.3, -0.25) is 24.6 Å². The molecule has 9 heteroatoms. The standard InChI is InChI=1S/C20H20FN7O/c1-3-20(29)24-18-8-14(4-5-17(18)21)11-28-19-13-27(7-6-15(19)9-23-28)25-16-10-22-26(2)12-16/h3-10,12,25H,1,11,13H2,2H3,(H,24,29). The van der Waals surface area contributed by atoms with E-state index in [1.54, 1.807) is 29.2 Å². The molecule has 1 aromatic carbocycles. The van der Waals surface area contributed by atoms with Crippen molar-refractivity contribution in [2.45, 2.75) is 13.1 Å². The third-order valence-electron chi connectivity index (χ3n) is 4.52. The summed E-state index contributed by atoms with van der Waals surface area (Å²) >= 11 is 0. The van der Waals surface area contributed by atoms with Crippen molar-refractivity contribution in [2.24, 2.45) is 7.05 Å². The van der Waals surface area contributed by atoms with Crippen LogP contribution in [0.3, 0.4) is 0 Å². The summed E-state index contributed by atoms with van der Waals surface area (Å²) < 4.78 is 17.6. The molecule has 0 bridgehead atoms. The molecular formula is C20H20FN7O. The van der Waals surface area contributed by atoms with Crippen molar-refractivity contribution in [1.29, 1.82) is 0 Å². The number of carbonyl (C=O) groups excluding carboxylic acids is 1. The van der Waals surface area contributed by atoms with Crippen molar-refractivity contribution < 1.29 is 9.18 Å². The van der Waals surface area contributed by atoms with Crippen LogP contribution in [0.1, 0.15) is 16.8 Å². The molecule has 1 amide bonds. The van der Waals surface area contributed by atoms with Gasteiger partial charge in [0, 0.05) is 25.0 Å². The van der Waals surface area contributed by atoms with E-state index < -0.39 is 11.7 Å². The largest absolute Gasteiger partial charge is 0.320 e. The van der Waals surface area contributed by atoms with Crippen LogP contribution in [-0.2, 0) is 24.9 Å². The first kappa shape index (κ1) is 18.5. The highest BCUT2D eigenvalue weighted by Gasteiger charge is 2.17. The molecule has 0 spiro atoms. The van der Waals surface area contributed by atoms with E-state index in [4.69, 9.17) is 0 Å². The Kier molecular flexibility index (Phi) is 4.86. The first-order valence-electron chi connectivity index (χ1n) is 8.98. The van der Waals surface area contributed by atoms with Gasteiger partial charge in [-0.15, -0.1) is 0 Å². The Morgan fingerprint density at radius 2 is 2.21 bits per heavy atom. The molecule has 4 rings (SSSR count). The monoisotopic (exact) mass is 393 g/mol. The minimum atomic E-state index is -0.499. The third-order valence-corrected chi connectivity index (χ3v) is 4.52. The van der Waals surface area contributed by atoms with Crippen LogP contribution in [0.4, 0.5) is 15.8 Å². The number of rotatable bonds is 6. The normalized spacial score (nSPS) is 12.6. The van der Waals surface area contributed by atoms with Crippen LogP contribution in [-0.4, -0.2) is 30.5 Å². The SMILES string of the molecule is C=CC(=O)Nc1cc(Cn2ncc3c2CN(Nc2cnn(C)c2)C=C3)ccc1F. The van der Waals surface area contributed by atoms with Gasteiger partial charge in [-0.2, -0.15) is 10.2 Å². The minimum absolute atomic E-state index is 0.119. The molecule has 8 nitrogen and oxygen atoms in total. The number of carbonyl (C=O) groups is 1. The number of halogens is 1. The van der Waals surface area contributed by atoms with Gasteiger partial charge in [0.25, 0.3) is 0 Å². The van der Waals surface area contributed by atoms with E-state index in [9.17, 15) is 9.18 Å². The Balaban J connectivity index is 1.51. The molecule has 0 saturated carbocycles. The topological polar surface area (TPSA) is 80.0 Å². The predicted octanol–water partition coefficient (Wildman–Crippen LogP) is 2.74. The predicted molar refractivity (Wildman–Crippen MR) is 108 cm³/mol. The summed E-state index contributed by atoms with van der Waals surface area (Å²) in [6.07, 6.45) is 10.5. The van der Waals surface area contributed by atoms with Crippen LogP contribution in [0, 0.1) is 5.82 Å². The molecule has 148 valence electrons. The van der Waals surface area contributed by atoms with Gasteiger partial charge >= 0.3 is 0 Å². The second kappa shape index (κ2) is 7.63. The molecule has 2 N–H and O–H groups in total. The van der Waals surface area contributed by atoms with Crippen LogP contribution < -0.4 is 10.7 Å². The Morgan fingerprint density at radius 1 is 1.34 bits per heavy atom. The fraction of sp³-hybridized carbons (Fsp3) is 0.150. The second-order valence-electron chi connectivity index (χ2n) is 6.67. The average Bonchev–Trinajstić information content (AvgIpc) is 3.30. The summed E-state index contributed by atoms with van der Waals surface area (Å²) in [6, 6.07) is 4.62. The smallest absolute Gasteiger partial charge is 0.247 e. The Bertz CT molecular complexity index is 1100. The van der Waals surface area contributed by atoms with Gasteiger partial charge < -0.3 is 5.32 Å². The molecule has 0 atom stereocenters. The minimum Gasteiger partial charge on any atom is -0.320 e. The van der Waals surface area contributed by atoms with E-state index in [2.05, 4.69) is 27.5 Å². The van der Waals surface area contributed by atoms with Crippen molar-refractivity contribution >= 4 is 23.4 Å². The van der Waals surface area contributed by atoms with Gasteiger partial charge in [0.1, 0.15) is 5.82 Å². The second-order valence-corrected chi connectivity index (χ2v) is 6.67. The van der Waals surface area contributed by atoms with Gasteiger partial charge in [-0.05, 0) is 29.8 Å². The van der Waals surface area contributed by atoms with Crippen LogP contribution in [0.2, 0.25) is 0 Å². The highest BCUT2D eigenvalue weighted by molar-refractivity contribution is 5.98. The maximum Gasteiger partial charge on any atom is 0.247 e. The average molecular weight is 393 g/mol. The van der Waals surface area contributed by atoms with Crippen LogP contribution in [0.5, 0.6) is 0 Å². The maximum atomic E-state index is 14.0. The lowest BCUT2D eigenvalue weighted by molar-refractivity contribution is -0.111. The summed E-state index contributed by atoms with van der Waals surface area (Å²) in [6.45, 7) is 4.43. The van der Waals surface area contributed by atoms with E-state index in [-0.39, 0.29) is 5.69 Å². The number of aryl methyl sites for hydroxylation is 1. The molecule has 0 saturated heterocycles. The number of hydrazine groups is 1. The fourth-order valence-corrected chi connectivity index (χ4v) is 3.10. The molecule has 0 radical (unpaired) electrons. The molecule has 1 aliphatic heterocycles. The molecular weight excluding hydrogens is 373 g/mol. The van der Waals surface area contributed by atoms with Crippen molar-refractivity contribution in [3.8, 4) is 0 Å². The number of nitrogens with zero attached hydrogens (tertiary/aromatic N) is 5. The Labute approximate surface area is 166 Å². The van der Waals surface area contributed by atoms with Crippen LogP contribution in [0.15, 0.2) is 55.6 Å². The number of benzene rings is 1. The zero-order chi connectivity index (χ0) is 20.4. The molecule has 2 aromatic heterocycles. The Morgan fingerprint density at radius 3 is 2.97 bits per heavy atom. The summed E-state index contributed by atoms with van der Waals surface area (Å²) in [5.41, 5.74) is 7.15. The number of aromatic nitrogens is 4. The molecule has 3 heterocycles. The van der Waals surface area contributed by atoms with Crippen molar-refractivity contribution in [1.82, 2.24) is 24.6 Å². The van der Waals surface area contributed by atoms with Crippen LogP contribution in [0.25, 0.3) is 6.08 Å². The van der Waals surface area contributed by atoms with Gasteiger partial charge in [-0.1, -0.05) is 12.6 Å². The summed E-state index contributed by atoms with van der Waals surface area (Å²) in [5, 5.41) is 13.0. The summed E-state index contributed by atoms with van der Waals surface area (Å²) in [7, 11) is 1.86. The number of amides is 1. The van der Waals surface area contributed by atoms with Gasteiger partial charge in [0.2, 0.25) is 5.91 Å². The quantitative estimate of drug-likeness (QED) is 0.630. The first-order chi connectivity index (χ1) is 14.0. The number of anilines is 2. The lowest BCUT2D eigenvalue weighted by atomic mass is 10.1. The van der Waals surface area contributed by atoms with Gasteiger partial charge in [0.05, 0.1) is 42.6 Å². The van der Waals surface area contributed by atoms with Crippen molar-refractivity contribution in [3.63, 3.8) is 0 Å². The highest BCUT2D eigenvalue weighted by atomic mass is 19.1. The molecule has 3 aromatic rings. The summed E-state index contributed by atoms with van der Waals surface area (Å²) in [4.78, 5) is 11.5. The number of hydrogen-bond donors (Lipinski definition) is 2. The molecule has 0 unspecified atom stereocenters. The first-order valence-corrected chi connectivity index (χ1v) is 8.98. The van der Waals surface area contributed by atoms with E-state index in [1.165, 1.54) is 6.07 Å². The zero-order valence-corrected chi connectivity index (χ0v) is 15.8. The van der Waals surface area contributed by atoms with Gasteiger partial charge in [-0.25, -0.2) is 4.39 Å². The molecule has 0 fully saturated rings. The van der Waals surface area contributed by atoms with E-state index in [0.717, 1.165) is 28.6 Å². The lowest BCUT2D eigenvalue weighted by Crippen LogP contribution is -2.27. The summed E-state index contributed by atoms with van der Waals surface area (Å²) in [5.74, 6) is -0.957. The third kappa shape index (κ3) is 4.03. The molecule has 29 heavy (non-hydrogen) atoms. The number of nitrogens with one attached hydrogen (secondary N) is 2. The lowest BCUT2D eigenvalue weighted by Gasteiger charge is -2.25. The molecule has 0 aliphatic carbocycles. The number of hydrogen-bond acceptors (Lipinski definition) is 5. The van der Waals surface area contributed by atoms with Crippen LogP contribution >= 0.6 is 0 Å². The van der Waals surface area contributed by atoms with E-state index in [1.807, 2.05) is 35.2 Å². The maximum absolute atomic E-state index is 14.0. The fourth-order valence-electron chi connectivity index (χ4n) is 3.10.